The number of aromatic hydroxyl groups is 2. The maximum atomic E-state index is 12.6. The minimum atomic E-state index is -0.596. The summed E-state index contributed by atoms with van der Waals surface area (Å²) in [5.74, 6) is -0.359. The molecular formula is C24H29NO4. The van der Waals surface area contributed by atoms with Gasteiger partial charge in [-0.1, -0.05) is 69.4 Å². The van der Waals surface area contributed by atoms with Gasteiger partial charge in [0.2, 0.25) is 5.75 Å². The normalized spacial score (nSPS) is 11.1. The number of pyridine rings is 1. The van der Waals surface area contributed by atoms with Gasteiger partial charge in [0.15, 0.2) is 5.75 Å². The standard InChI is InChI=1S/C24H29NO4/c1-2-3-4-5-6-10-15-25-21-16-19(29-17-18-11-8-7-9-12-18)13-14-20(21)22(26)23(27)24(25)28/h7-9,11-14,16,26-27H,2-6,10,15,17H2,1H3. The van der Waals surface area contributed by atoms with E-state index in [0.29, 0.717) is 29.8 Å². The Morgan fingerprint density at radius 2 is 1.62 bits per heavy atom. The van der Waals surface area contributed by atoms with Crippen LogP contribution in [-0.2, 0) is 13.2 Å². The molecule has 3 rings (SSSR count). The van der Waals surface area contributed by atoms with Crippen LogP contribution in [0.5, 0.6) is 17.2 Å². The van der Waals surface area contributed by atoms with Gasteiger partial charge in [0.25, 0.3) is 5.56 Å². The molecule has 5 nitrogen and oxygen atoms in total. The molecule has 2 N–H and O–H groups in total. The first-order chi connectivity index (χ1) is 14.1. The largest absolute Gasteiger partial charge is 0.504 e. The lowest BCUT2D eigenvalue weighted by Gasteiger charge is -2.14. The third-order valence-corrected chi connectivity index (χ3v) is 5.17. The summed E-state index contributed by atoms with van der Waals surface area (Å²) in [5, 5.41) is 20.7. The Morgan fingerprint density at radius 1 is 0.897 bits per heavy atom. The number of rotatable bonds is 10. The van der Waals surface area contributed by atoms with Gasteiger partial charge in [-0.2, -0.15) is 0 Å². The molecule has 0 aliphatic carbocycles. The number of hydrogen-bond acceptors (Lipinski definition) is 4. The lowest BCUT2D eigenvalue weighted by molar-refractivity contribution is 0.306. The molecule has 0 aliphatic rings. The molecule has 0 unspecified atom stereocenters. The molecule has 0 amide bonds. The zero-order valence-electron chi connectivity index (χ0n) is 16.9. The number of ether oxygens (including phenoxy) is 1. The fraction of sp³-hybridized carbons (Fsp3) is 0.375. The molecule has 0 atom stereocenters. The quantitative estimate of drug-likeness (QED) is 0.454. The molecule has 0 aliphatic heterocycles. The van der Waals surface area contributed by atoms with Crippen LogP contribution in [0.4, 0.5) is 0 Å². The van der Waals surface area contributed by atoms with Crippen molar-refractivity contribution in [1.82, 2.24) is 4.57 Å². The summed E-state index contributed by atoms with van der Waals surface area (Å²) < 4.78 is 7.42. The summed E-state index contributed by atoms with van der Waals surface area (Å²) in [6.45, 7) is 3.10. The van der Waals surface area contributed by atoms with Crippen LogP contribution >= 0.6 is 0 Å². The van der Waals surface area contributed by atoms with E-state index in [1.165, 1.54) is 19.3 Å². The Balaban J connectivity index is 1.82. The number of nitrogens with zero attached hydrogens (tertiary/aromatic N) is 1. The van der Waals surface area contributed by atoms with Gasteiger partial charge in [0.05, 0.1) is 5.52 Å². The summed E-state index contributed by atoms with van der Waals surface area (Å²) in [4.78, 5) is 12.6. The van der Waals surface area contributed by atoms with Crippen molar-refractivity contribution < 1.29 is 14.9 Å². The maximum absolute atomic E-state index is 12.6. The number of aromatic nitrogens is 1. The Labute approximate surface area is 171 Å². The Morgan fingerprint density at radius 3 is 2.38 bits per heavy atom. The van der Waals surface area contributed by atoms with Crippen molar-refractivity contribution >= 4 is 10.9 Å². The van der Waals surface area contributed by atoms with Crippen LogP contribution in [0.3, 0.4) is 0 Å². The first-order valence-electron chi connectivity index (χ1n) is 10.4. The topological polar surface area (TPSA) is 71.7 Å². The SMILES string of the molecule is CCCCCCCCn1c(=O)c(O)c(O)c2ccc(OCc3ccccc3)cc21. The monoisotopic (exact) mass is 395 g/mol. The highest BCUT2D eigenvalue weighted by Gasteiger charge is 2.16. The predicted molar refractivity (Wildman–Crippen MR) is 116 cm³/mol. The summed E-state index contributed by atoms with van der Waals surface area (Å²) in [7, 11) is 0. The van der Waals surface area contributed by atoms with E-state index in [1.54, 1.807) is 22.8 Å². The molecule has 2 aromatic carbocycles. The molecule has 0 saturated carbocycles. The van der Waals surface area contributed by atoms with Gasteiger partial charge in [0, 0.05) is 18.0 Å². The smallest absolute Gasteiger partial charge is 0.297 e. The highest BCUT2D eigenvalue weighted by Crippen LogP contribution is 2.33. The first-order valence-corrected chi connectivity index (χ1v) is 10.4. The number of aryl methyl sites for hydroxylation is 1. The molecule has 5 heteroatoms. The summed E-state index contributed by atoms with van der Waals surface area (Å²) >= 11 is 0. The second-order valence-electron chi connectivity index (χ2n) is 7.38. The lowest BCUT2D eigenvalue weighted by atomic mass is 10.1. The molecule has 0 fully saturated rings. The van der Waals surface area contributed by atoms with Crippen LogP contribution in [0.25, 0.3) is 10.9 Å². The van der Waals surface area contributed by atoms with E-state index in [4.69, 9.17) is 4.74 Å². The molecule has 0 saturated heterocycles. The summed E-state index contributed by atoms with van der Waals surface area (Å²) in [6.07, 6.45) is 6.63. The zero-order chi connectivity index (χ0) is 20.6. The summed E-state index contributed by atoms with van der Waals surface area (Å²) in [6, 6.07) is 15.0. The minimum absolute atomic E-state index is 0.376. The number of unbranched alkanes of at least 4 members (excludes halogenated alkanes) is 5. The molecule has 1 heterocycles. The predicted octanol–water partition coefficient (Wildman–Crippen LogP) is 5.35. The first kappa shape index (κ1) is 20.8. The van der Waals surface area contributed by atoms with Crippen molar-refractivity contribution in [2.45, 2.75) is 58.6 Å². The highest BCUT2D eigenvalue weighted by atomic mass is 16.5. The van der Waals surface area contributed by atoms with Crippen LogP contribution in [-0.4, -0.2) is 14.8 Å². The van der Waals surface area contributed by atoms with Gasteiger partial charge in [-0.05, 0) is 24.1 Å². The van der Waals surface area contributed by atoms with Crippen molar-refractivity contribution in [3.63, 3.8) is 0 Å². The third-order valence-electron chi connectivity index (χ3n) is 5.17. The van der Waals surface area contributed by atoms with Crippen molar-refractivity contribution in [3.05, 3.63) is 64.4 Å². The Hall–Kier alpha value is -2.95. The van der Waals surface area contributed by atoms with Gasteiger partial charge < -0.3 is 19.5 Å². The Kier molecular flexibility index (Phi) is 7.17. The van der Waals surface area contributed by atoms with Crippen molar-refractivity contribution in [2.24, 2.45) is 0 Å². The number of benzene rings is 2. The van der Waals surface area contributed by atoms with E-state index in [2.05, 4.69) is 6.92 Å². The van der Waals surface area contributed by atoms with Gasteiger partial charge in [-0.25, -0.2) is 0 Å². The van der Waals surface area contributed by atoms with Gasteiger partial charge >= 0.3 is 0 Å². The van der Waals surface area contributed by atoms with E-state index in [-0.39, 0.29) is 5.75 Å². The van der Waals surface area contributed by atoms with Crippen molar-refractivity contribution in [3.8, 4) is 17.2 Å². The van der Waals surface area contributed by atoms with Crippen LogP contribution in [0.1, 0.15) is 51.0 Å². The average Bonchev–Trinajstić information content (AvgIpc) is 2.75. The van der Waals surface area contributed by atoms with Crippen LogP contribution in [0, 0.1) is 0 Å². The van der Waals surface area contributed by atoms with Gasteiger partial charge in [-0.3, -0.25) is 4.79 Å². The van der Waals surface area contributed by atoms with Crippen molar-refractivity contribution in [1.29, 1.82) is 0 Å². The molecule has 0 bridgehead atoms. The average molecular weight is 395 g/mol. The van der Waals surface area contributed by atoms with Crippen molar-refractivity contribution in [2.75, 3.05) is 0 Å². The molecule has 29 heavy (non-hydrogen) atoms. The van der Waals surface area contributed by atoms with Crippen LogP contribution in [0.2, 0.25) is 0 Å². The van der Waals surface area contributed by atoms with E-state index in [0.717, 1.165) is 24.8 Å². The maximum Gasteiger partial charge on any atom is 0.297 e. The number of fused-ring (bicyclic) bond motifs is 1. The minimum Gasteiger partial charge on any atom is -0.504 e. The van der Waals surface area contributed by atoms with E-state index < -0.39 is 11.3 Å². The zero-order valence-corrected chi connectivity index (χ0v) is 16.9. The highest BCUT2D eigenvalue weighted by molar-refractivity contribution is 5.88. The van der Waals surface area contributed by atoms with Crippen LogP contribution in [0.15, 0.2) is 53.3 Å². The molecule has 154 valence electrons. The van der Waals surface area contributed by atoms with E-state index >= 15 is 0 Å². The van der Waals surface area contributed by atoms with Crippen LogP contribution < -0.4 is 10.3 Å². The fourth-order valence-electron chi connectivity index (χ4n) is 3.50. The Bertz CT molecular complexity index is 995. The molecule has 0 radical (unpaired) electrons. The van der Waals surface area contributed by atoms with Gasteiger partial charge in [-0.15, -0.1) is 0 Å². The lowest BCUT2D eigenvalue weighted by Crippen LogP contribution is -2.20. The molecule has 0 spiro atoms. The third kappa shape index (κ3) is 5.11. The molecule has 1 aromatic heterocycles. The van der Waals surface area contributed by atoms with Gasteiger partial charge in [0.1, 0.15) is 12.4 Å². The molecular weight excluding hydrogens is 366 g/mol. The van der Waals surface area contributed by atoms with E-state index in [1.807, 2.05) is 30.3 Å². The fourth-order valence-corrected chi connectivity index (χ4v) is 3.50. The molecule has 3 aromatic rings. The number of hydrogen-bond donors (Lipinski definition) is 2. The van der Waals surface area contributed by atoms with E-state index in [9.17, 15) is 15.0 Å². The summed E-state index contributed by atoms with van der Waals surface area (Å²) in [5.41, 5.74) is 1.05. The second kappa shape index (κ2) is 10.0. The second-order valence-corrected chi connectivity index (χ2v) is 7.38.